The number of nitrogens with one attached hydrogen (secondary N) is 1. The molecule has 1 heterocycles. The Labute approximate surface area is 116 Å². The maximum atomic E-state index is 5.72. The fourth-order valence-electron chi connectivity index (χ4n) is 1.37. The molecule has 5 nitrogen and oxygen atoms in total. The van der Waals surface area contributed by atoms with E-state index in [-0.39, 0.29) is 11.0 Å². The van der Waals surface area contributed by atoms with E-state index in [2.05, 4.69) is 54.8 Å². The molecular formula is C14H27N5. The van der Waals surface area contributed by atoms with Crippen LogP contribution in [0.4, 0.5) is 11.6 Å². The van der Waals surface area contributed by atoms with E-state index in [1.807, 2.05) is 13.1 Å². The fraction of sp³-hybridized carbons (Fsp3) is 0.714. The summed E-state index contributed by atoms with van der Waals surface area (Å²) in [5.74, 6) is 1.75. The van der Waals surface area contributed by atoms with Crippen LogP contribution in [0.2, 0.25) is 0 Å². The third-order valence-electron chi connectivity index (χ3n) is 3.30. The first kappa shape index (κ1) is 15.7. The zero-order valence-electron chi connectivity index (χ0n) is 13.0. The molecule has 0 aliphatic carbocycles. The lowest BCUT2D eigenvalue weighted by molar-refractivity contribution is 0.405. The summed E-state index contributed by atoms with van der Waals surface area (Å²) in [6, 6.07) is 1.97. The highest BCUT2D eigenvalue weighted by Gasteiger charge is 2.19. The molecule has 0 atom stereocenters. The van der Waals surface area contributed by atoms with Crippen molar-refractivity contribution >= 4 is 11.6 Å². The zero-order valence-corrected chi connectivity index (χ0v) is 13.0. The molecule has 0 radical (unpaired) electrons. The van der Waals surface area contributed by atoms with E-state index in [1.165, 1.54) is 0 Å². The van der Waals surface area contributed by atoms with Crippen LogP contribution in [-0.2, 0) is 0 Å². The van der Waals surface area contributed by atoms with E-state index in [9.17, 15) is 0 Å². The lowest BCUT2D eigenvalue weighted by Gasteiger charge is -2.33. The van der Waals surface area contributed by atoms with Crippen LogP contribution in [-0.4, -0.2) is 35.6 Å². The van der Waals surface area contributed by atoms with E-state index >= 15 is 0 Å². The summed E-state index contributed by atoms with van der Waals surface area (Å²) in [7, 11) is 2.04. The summed E-state index contributed by atoms with van der Waals surface area (Å²) in [5, 5.41) is 3.32. The average Bonchev–Trinajstić information content (AvgIpc) is 2.35. The van der Waals surface area contributed by atoms with Gasteiger partial charge in [0.05, 0.1) is 0 Å². The van der Waals surface area contributed by atoms with Gasteiger partial charge in [-0.15, -0.1) is 0 Å². The Morgan fingerprint density at radius 1 is 1.21 bits per heavy atom. The highest BCUT2D eigenvalue weighted by molar-refractivity contribution is 5.49. The Balaban J connectivity index is 2.78. The second kappa shape index (κ2) is 5.74. The van der Waals surface area contributed by atoms with Gasteiger partial charge in [0.25, 0.3) is 0 Å². The molecule has 0 aliphatic heterocycles. The van der Waals surface area contributed by atoms with E-state index in [0.29, 0.717) is 6.54 Å². The Morgan fingerprint density at radius 3 is 2.37 bits per heavy atom. The number of nitrogens with zero attached hydrogens (tertiary/aromatic N) is 3. The molecule has 0 unspecified atom stereocenters. The maximum Gasteiger partial charge on any atom is 0.134 e. The van der Waals surface area contributed by atoms with Crippen molar-refractivity contribution in [3.05, 3.63) is 12.4 Å². The topological polar surface area (TPSA) is 67.1 Å². The molecule has 0 amide bonds. The first-order valence-electron chi connectivity index (χ1n) is 6.65. The average molecular weight is 265 g/mol. The number of anilines is 2. The molecular weight excluding hydrogens is 238 g/mol. The van der Waals surface area contributed by atoms with Gasteiger partial charge in [-0.3, -0.25) is 0 Å². The standard InChI is InChI=1S/C14H27N5/c1-13(2,3)19(6)12-7-11(17-10-18-12)16-9-14(4,5)8-15/h7,10H,8-9,15H2,1-6H3,(H,16,17,18). The van der Waals surface area contributed by atoms with Gasteiger partial charge in [-0.05, 0) is 32.7 Å². The molecule has 19 heavy (non-hydrogen) atoms. The van der Waals surface area contributed by atoms with Gasteiger partial charge in [-0.2, -0.15) is 0 Å². The summed E-state index contributed by atoms with van der Waals surface area (Å²) in [5.41, 5.74) is 5.81. The molecule has 108 valence electrons. The highest BCUT2D eigenvalue weighted by Crippen LogP contribution is 2.21. The summed E-state index contributed by atoms with van der Waals surface area (Å²) in [4.78, 5) is 10.7. The maximum absolute atomic E-state index is 5.72. The lowest BCUT2D eigenvalue weighted by Crippen LogP contribution is -2.38. The van der Waals surface area contributed by atoms with Crippen LogP contribution >= 0.6 is 0 Å². The summed E-state index contributed by atoms with van der Waals surface area (Å²) >= 11 is 0. The van der Waals surface area contributed by atoms with Crippen LogP contribution in [0.5, 0.6) is 0 Å². The number of rotatable bonds is 5. The smallest absolute Gasteiger partial charge is 0.134 e. The van der Waals surface area contributed by atoms with Crippen LogP contribution < -0.4 is 16.0 Å². The van der Waals surface area contributed by atoms with Gasteiger partial charge < -0.3 is 16.0 Å². The molecule has 3 N–H and O–H groups in total. The third-order valence-corrected chi connectivity index (χ3v) is 3.30. The van der Waals surface area contributed by atoms with Crippen LogP contribution in [0.3, 0.4) is 0 Å². The SMILES string of the molecule is CN(c1cc(NCC(C)(C)CN)ncn1)C(C)(C)C. The van der Waals surface area contributed by atoms with Gasteiger partial charge in [0.2, 0.25) is 0 Å². The first-order valence-corrected chi connectivity index (χ1v) is 6.65. The van der Waals surface area contributed by atoms with Crippen molar-refractivity contribution in [3.8, 4) is 0 Å². The largest absolute Gasteiger partial charge is 0.369 e. The van der Waals surface area contributed by atoms with Gasteiger partial charge in [-0.1, -0.05) is 13.8 Å². The Morgan fingerprint density at radius 2 is 1.84 bits per heavy atom. The van der Waals surface area contributed by atoms with Gasteiger partial charge in [0.1, 0.15) is 18.0 Å². The molecule has 0 spiro atoms. The summed E-state index contributed by atoms with van der Waals surface area (Å²) in [6.07, 6.45) is 1.59. The minimum absolute atomic E-state index is 0.0299. The van der Waals surface area contributed by atoms with Crippen molar-refractivity contribution in [1.29, 1.82) is 0 Å². The minimum Gasteiger partial charge on any atom is -0.369 e. The van der Waals surface area contributed by atoms with Gasteiger partial charge in [-0.25, -0.2) is 9.97 Å². The van der Waals surface area contributed by atoms with E-state index in [0.717, 1.165) is 18.2 Å². The summed E-state index contributed by atoms with van der Waals surface area (Å²) < 4.78 is 0. The lowest BCUT2D eigenvalue weighted by atomic mass is 9.94. The molecule has 0 fully saturated rings. The third kappa shape index (κ3) is 4.67. The molecule has 5 heteroatoms. The normalized spacial score (nSPS) is 12.4. The summed E-state index contributed by atoms with van der Waals surface area (Å²) in [6.45, 7) is 12.1. The molecule has 0 bridgehead atoms. The van der Waals surface area contributed by atoms with Crippen LogP contribution in [0.25, 0.3) is 0 Å². The molecule has 0 aromatic carbocycles. The van der Waals surface area contributed by atoms with E-state index < -0.39 is 0 Å². The quantitative estimate of drug-likeness (QED) is 0.853. The number of hydrogen-bond donors (Lipinski definition) is 2. The van der Waals surface area contributed by atoms with Crippen LogP contribution in [0, 0.1) is 5.41 Å². The predicted molar refractivity (Wildman–Crippen MR) is 81.5 cm³/mol. The molecule has 0 aliphatic rings. The minimum atomic E-state index is 0.0299. The molecule has 1 aromatic rings. The van der Waals surface area contributed by atoms with Gasteiger partial charge in [0, 0.05) is 25.2 Å². The Kier molecular flexibility index (Phi) is 4.74. The van der Waals surface area contributed by atoms with Crippen LogP contribution in [0.1, 0.15) is 34.6 Å². The van der Waals surface area contributed by atoms with Crippen LogP contribution in [0.15, 0.2) is 12.4 Å². The molecule has 1 rings (SSSR count). The van der Waals surface area contributed by atoms with E-state index in [1.54, 1.807) is 6.33 Å². The van der Waals surface area contributed by atoms with Crippen molar-refractivity contribution in [3.63, 3.8) is 0 Å². The van der Waals surface area contributed by atoms with Crippen molar-refractivity contribution in [2.24, 2.45) is 11.1 Å². The molecule has 1 aromatic heterocycles. The number of hydrogen-bond acceptors (Lipinski definition) is 5. The Hall–Kier alpha value is -1.36. The van der Waals surface area contributed by atoms with Crippen molar-refractivity contribution in [2.75, 3.05) is 30.4 Å². The molecule has 0 saturated heterocycles. The van der Waals surface area contributed by atoms with E-state index in [4.69, 9.17) is 5.73 Å². The van der Waals surface area contributed by atoms with Crippen molar-refractivity contribution in [1.82, 2.24) is 9.97 Å². The van der Waals surface area contributed by atoms with Gasteiger partial charge >= 0.3 is 0 Å². The Bertz CT molecular complexity index is 409. The highest BCUT2D eigenvalue weighted by atomic mass is 15.2. The monoisotopic (exact) mass is 265 g/mol. The van der Waals surface area contributed by atoms with Gasteiger partial charge in [0.15, 0.2) is 0 Å². The van der Waals surface area contributed by atoms with Crippen molar-refractivity contribution in [2.45, 2.75) is 40.2 Å². The second-order valence-electron chi connectivity index (χ2n) is 6.71. The fourth-order valence-corrected chi connectivity index (χ4v) is 1.37. The molecule has 0 saturated carbocycles. The second-order valence-corrected chi connectivity index (χ2v) is 6.71. The zero-order chi connectivity index (χ0) is 14.7. The van der Waals surface area contributed by atoms with Crippen molar-refractivity contribution < 1.29 is 0 Å². The number of nitrogens with two attached hydrogens (primary N) is 1. The number of aromatic nitrogens is 2. The predicted octanol–water partition coefficient (Wildman–Crippen LogP) is 2.11. The first-order chi connectivity index (χ1) is 8.65.